The maximum absolute atomic E-state index is 13.1. The summed E-state index contributed by atoms with van der Waals surface area (Å²) in [5, 5.41) is 1.09. The number of nitrogens with zero attached hydrogens (tertiary/aromatic N) is 4. The molecule has 148 valence electrons. The Morgan fingerprint density at radius 2 is 1.90 bits per heavy atom. The molecule has 0 N–H and O–H groups in total. The number of pyridine rings is 1. The van der Waals surface area contributed by atoms with Crippen LogP contribution in [0, 0.1) is 6.92 Å². The van der Waals surface area contributed by atoms with Crippen molar-refractivity contribution in [1.29, 1.82) is 0 Å². The standard InChI is InChI=1S/C20H17ClN4O3S/c1-12-8-14(21)9-15-19(12)23-20(29-15)25(10-13-4-6-22-7-5-13)18(28)11-24-16(26)2-3-17(24)27/h4-9H,2-3,10-11H2,1H3. The fourth-order valence-electron chi connectivity index (χ4n) is 3.21. The van der Waals surface area contributed by atoms with E-state index in [4.69, 9.17) is 11.6 Å². The maximum Gasteiger partial charge on any atom is 0.249 e. The minimum absolute atomic E-state index is 0.148. The number of anilines is 1. The number of aryl methyl sites for hydroxylation is 1. The summed E-state index contributed by atoms with van der Waals surface area (Å²) in [5.74, 6) is -1.01. The predicted molar refractivity (Wildman–Crippen MR) is 111 cm³/mol. The van der Waals surface area contributed by atoms with Crippen LogP contribution in [0.4, 0.5) is 5.13 Å². The van der Waals surface area contributed by atoms with E-state index in [1.54, 1.807) is 12.4 Å². The predicted octanol–water partition coefficient (Wildman–Crippen LogP) is 3.34. The molecule has 0 radical (unpaired) electrons. The Morgan fingerprint density at radius 3 is 2.59 bits per heavy atom. The van der Waals surface area contributed by atoms with Crippen LogP contribution in [0.1, 0.15) is 24.0 Å². The number of aromatic nitrogens is 2. The second kappa shape index (κ2) is 7.88. The van der Waals surface area contributed by atoms with E-state index in [1.165, 1.54) is 16.2 Å². The Morgan fingerprint density at radius 1 is 1.21 bits per heavy atom. The number of carbonyl (C=O) groups excluding carboxylic acids is 3. The first-order chi connectivity index (χ1) is 13.9. The SMILES string of the molecule is Cc1cc(Cl)cc2sc(N(Cc3ccncc3)C(=O)CN3C(=O)CCC3=O)nc12. The van der Waals surface area contributed by atoms with Gasteiger partial charge >= 0.3 is 0 Å². The van der Waals surface area contributed by atoms with Gasteiger partial charge in [0.1, 0.15) is 6.54 Å². The van der Waals surface area contributed by atoms with E-state index in [-0.39, 0.29) is 43.7 Å². The Kier molecular flexibility index (Phi) is 5.29. The fourth-order valence-corrected chi connectivity index (χ4v) is 4.65. The van der Waals surface area contributed by atoms with Crippen LogP contribution >= 0.6 is 22.9 Å². The average Bonchev–Trinajstić information content (AvgIpc) is 3.25. The molecule has 0 unspecified atom stereocenters. The van der Waals surface area contributed by atoms with Gasteiger partial charge < -0.3 is 0 Å². The smallest absolute Gasteiger partial charge is 0.249 e. The first kappa shape index (κ1) is 19.5. The normalized spacial score (nSPS) is 14.1. The molecule has 3 heterocycles. The van der Waals surface area contributed by atoms with Crippen LogP contribution in [0.5, 0.6) is 0 Å². The largest absolute Gasteiger partial charge is 0.282 e. The van der Waals surface area contributed by atoms with Crippen molar-refractivity contribution in [3.05, 3.63) is 52.8 Å². The minimum atomic E-state index is -0.367. The van der Waals surface area contributed by atoms with Crippen LogP contribution < -0.4 is 4.90 Å². The van der Waals surface area contributed by atoms with Crippen LogP contribution in [0.2, 0.25) is 5.02 Å². The summed E-state index contributed by atoms with van der Waals surface area (Å²) in [6.07, 6.45) is 3.59. The monoisotopic (exact) mass is 428 g/mol. The zero-order valence-corrected chi connectivity index (χ0v) is 17.2. The quantitative estimate of drug-likeness (QED) is 0.582. The van der Waals surface area contributed by atoms with E-state index < -0.39 is 0 Å². The third-order valence-corrected chi connectivity index (χ3v) is 5.95. The molecular weight excluding hydrogens is 412 g/mol. The van der Waals surface area contributed by atoms with Crippen LogP contribution in [0.25, 0.3) is 10.2 Å². The fraction of sp³-hybridized carbons (Fsp3) is 0.250. The lowest BCUT2D eigenvalue weighted by molar-refractivity contribution is -0.141. The molecule has 29 heavy (non-hydrogen) atoms. The van der Waals surface area contributed by atoms with E-state index in [9.17, 15) is 14.4 Å². The van der Waals surface area contributed by atoms with Gasteiger partial charge in [-0.1, -0.05) is 22.9 Å². The van der Waals surface area contributed by atoms with Gasteiger partial charge in [-0.15, -0.1) is 0 Å². The maximum atomic E-state index is 13.1. The van der Waals surface area contributed by atoms with Crippen molar-refractivity contribution in [3.8, 4) is 0 Å². The van der Waals surface area contributed by atoms with Crippen LogP contribution in [-0.4, -0.2) is 39.1 Å². The Bertz CT molecular complexity index is 1100. The van der Waals surface area contributed by atoms with Crippen LogP contribution in [-0.2, 0) is 20.9 Å². The number of rotatable bonds is 5. The Hall–Kier alpha value is -2.84. The number of hydrogen-bond donors (Lipinski definition) is 0. The van der Waals surface area contributed by atoms with Gasteiger partial charge in [-0.05, 0) is 42.3 Å². The molecule has 3 aromatic rings. The van der Waals surface area contributed by atoms with Gasteiger partial charge in [-0.3, -0.25) is 29.2 Å². The Labute approximate surface area is 175 Å². The van der Waals surface area contributed by atoms with Crippen molar-refractivity contribution >= 4 is 56.0 Å². The lowest BCUT2D eigenvalue weighted by atomic mass is 10.2. The van der Waals surface area contributed by atoms with Gasteiger partial charge in [-0.2, -0.15) is 0 Å². The molecule has 1 aromatic carbocycles. The molecule has 0 saturated carbocycles. The first-order valence-electron chi connectivity index (χ1n) is 9.01. The molecule has 1 fully saturated rings. The number of hydrogen-bond acceptors (Lipinski definition) is 6. The van der Waals surface area contributed by atoms with E-state index >= 15 is 0 Å². The zero-order valence-electron chi connectivity index (χ0n) is 15.6. The molecule has 0 bridgehead atoms. The van der Waals surface area contributed by atoms with E-state index in [2.05, 4.69) is 9.97 Å². The molecule has 0 spiro atoms. The number of likely N-dealkylation sites (tertiary alicyclic amines) is 1. The van der Waals surface area contributed by atoms with Gasteiger partial charge in [0.2, 0.25) is 17.7 Å². The summed E-state index contributed by atoms with van der Waals surface area (Å²) in [7, 11) is 0. The summed E-state index contributed by atoms with van der Waals surface area (Å²) in [6.45, 7) is 1.87. The van der Waals surface area contributed by atoms with E-state index in [0.717, 1.165) is 26.2 Å². The van der Waals surface area contributed by atoms with Crippen LogP contribution in [0.3, 0.4) is 0 Å². The highest BCUT2D eigenvalue weighted by Gasteiger charge is 2.33. The zero-order chi connectivity index (χ0) is 20.5. The van der Waals surface area contributed by atoms with Crippen LogP contribution in [0.15, 0.2) is 36.7 Å². The highest BCUT2D eigenvalue weighted by atomic mass is 35.5. The van der Waals surface area contributed by atoms with Gasteiger partial charge in [0, 0.05) is 30.3 Å². The summed E-state index contributed by atoms with van der Waals surface area (Å²) >= 11 is 7.51. The Balaban J connectivity index is 1.70. The van der Waals surface area contributed by atoms with Gasteiger partial charge in [0.15, 0.2) is 5.13 Å². The van der Waals surface area contributed by atoms with Crippen molar-refractivity contribution in [3.63, 3.8) is 0 Å². The molecular formula is C20H17ClN4O3S. The van der Waals surface area contributed by atoms with E-state index in [0.29, 0.717) is 10.2 Å². The van der Waals surface area contributed by atoms with Crippen molar-refractivity contribution < 1.29 is 14.4 Å². The first-order valence-corrected chi connectivity index (χ1v) is 10.2. The molecule has 1 aliphatic heterocycles. The third kappa shape index (κ3) is 3.99. The van der Waals surface area contributed by atoms with Crippen molar-refractivity contribution in [2.75, 3.05) is 11.4 Å². The average molecular weight is 429 g/mol. The summed E-state index contributed by atoms with van der Waals surface area (Å²) in [4.78, 5) is 48.2. The molecule has 9 heteroatoms. The van der Waals surface area contributed by atoms with Crippen molar-refractivity contribution in [2.24, 2.45) is 0 Å². The molecule has 0 atom stereocenters. The second-order valence-electron chi connectivity index (χ2n) is 6.77. The number of thiazole rings is 1. The molecule has 4 rings (SSSR count). The molecule has 2 aromatic heterocycles. The molecule has 1 saturated heterocycles. The topological polar surface area (TPSA) is 83.5 Å². The highest BCUT2D eigenvalue weighted by Crippen LogP contribution is 2.34. The number of fused-ring (bicyclic) bond motifs is 1. The number of imide groups is 1. The van der Waals surface area contributed by atoms with E-state index in [1.807, 2.05) is 31.2 Å². The lowest BCUT2D eigenvalue weighted by Gasteiger charge is -2.22. The van der Waals surface area contributed by atoms with Gasteiger partial charge in [0.25, 0.3) is 0 Å². The van der Waals surface area contributed by atoms with Gasteiger partial charge in [0.05, 0.1) is 16.8 Å². The summed E-state index contributed by atoms with van der Waals surface area (Å²) in [6, 6.07) is 7.25. The molecule has 3 amide bonds. The minimum Gasteiger partial charge on any atom is -0.282 e. The molecule has 0 aliphatic carbocycles. The number of benzene rings is 1. The van der Waals surface area contributed by atoms with Crippen molar-refractivity contribution in [2.45, 2.75) is 26.3 Å². The van der Waals surface area contributed by atoms with Gasteiger partial charge in [-0.25, -0.2) is 4.98 Å². The lowest BCUT2D eigenvalue weighted by Crippen LogP contribution is -2.42. The number of amides is 3. The number of carbonyl (C=O) groups is 3. The summed E-state index contributed by atoms with van der Waals surface area (Å²) in [5.41, 5.74) is 2.55. The second-order valence-corrected chi connectivity index (χ2v) is 8.22. The molecule has 1 aliphatic rings. The molecule has 7 nitrogen and oxygen atoms in total. The van der Waals surface area contributed by atoms with Crippen molar-refractivity contribution in [1.82, 2.24) is 14.9 Å². The third-order valence-electron chi connectivity index (χ3n) is 4.71. The highest BCUT2D eigenvalue weighted by molar-refractivity contribution is 7.22. The summed E-state index contributed by atoms with van der Waals surface area (Å²) < 4.78 is 0.867. The number of halogens is 1.